The van der Waals surface area contributed by atoms with Crippen LogP contribution in [-0.4, -0.2) is 17.5 Å². The van der Waals surface area contributed by atoms with Crippen LogP contribution in [0.4, 0.5) is 0 Å². The van der Waals surface area contributed by atoms with Gasteiger partial charge in [0.05, 0.1) is 12.1 Å². The summed E-state index contributed by atoms with van der Waals surface area (Å²) in [6, 6.07) is 10.3. The molecule has 1 aliphatic heterocycles. The molecule has 2 nitrogen and oxygen atoms in total. The van der Waals surface area contributed by atoms with Crippen molar-refractivity contribution in [3.63, 3.8) is 0 Å². The molecule has 1 unspecified atom stereocenters. The van der Waals surface area contributed by atoms with Gasteiger partial charge in [-0.1, -0.05) is 23.7 Å². The summed E-state index contributed by atoms with van der Waals surface area (Å²) in [5.41, 5.74) is 1.22. The highest BCUT2D eigenvalue weighted by molar-refractivity contribution is 6.30. The number of rotatable bonds is 2. The second-order valence-electron chi connectivity index (χ2n) is 3.88. The second-order valence-corrected chi connectivity index (χ2v) is 4.32. The van der Waals surface area contributed by atoms with Gasteiger partial charge in [-0.25, -0.2) is 0 Å². The van der Waals surface area contributed by atoms with Crippen LogP contribution in [0.1, 0.15) is 18.4 Å². The Balaban J connectivity index is 2.03. The lowest BCUT2D eigenvalue weighted by atomic mass is 10.2. The third kappa shape index (κ3) is 2.50. The quantitative estimate of drug-likeness (QED) is 0.767. The molecule has 0 aliphatic carbocycles. The van der Waals surface area contributed by atoms with E-state index in [0.717, 1.165) is 31.0 Å². The van der Waals surface area contributed by atoms with Crippen LogP contribution in [0.25, 0.3) is 0 Å². The van der Waals surface area contributed by atoms with Gasteiger partial charge in [-0.15, -0.1) is 0 Å². The number of hydrogen-bond acceptors (Lipinski definition) is 2. The Hall–Kier alpha value is -1.04. The predicted molar refractivity (Wildman–Crippen MR) is 60.5 cm³/mol. The van der Waals surface area contributed by atoms with Gasteiger partial charge in [0.2, 0.25) is 0 Å². The van der Waals surface area contributed by atoms with Crippen molar-refractivity contribution in [1.82, 2.24) is 4.90 Å². The Kier molecular flexibility index (Phi) is 3.25. The van der Waals surface area contributed by atoms with Crippen LogP contribution in [0.5, 0.6) is 0 Å². The van der Waals surface area contributed by atoms with Crippen molar-refractivity contribution in [3.05, 3.63) is 34.9 Å². The highest BCUT2D eigenvalue weighted by Gasteiger charge is 2.23. The molecule has 2 rings (SSSR count). The Labute approximate surface area is 95.1 Å². The average Bonchev–Trinajstić information content (AvgIpc) is 2.69. The molecule has 3 heteroatoms. The van der Waals surface area contributed by atoms with Crippen LogP contribution in [0.3, 0.4) is 0 Å². The zero-order valence-electron chi connectivity index (χ0n) is 8.49. The van der Waals surface area contributed by atoms with Crippen LogP contribution in [0, 0.1) is 11.3 Å². The number of halogens is 1. The van der Waals surface area contributed by atoms with E-state index in [4.69, 9.17) is 16.9 Å². The number of likely N-dealkylation sites (tertiary alicyclic amines) is 1. The molecule has 1 aromatic carbocycles. The fourth-order valence-electron chi connectivity index (χ4n) is 1.99. The molecule has 0 radical (unpaired) electrons. The van der Waals surface area contributed by atoms with Gasteiger partial charge in [-0.3, -0.25) is 4.90 Å². The molecule has 0 aromatic heterocycles. The summed E-state index contributed by atoms with van der Waals surface area (Å²) >= 11 is 5.82. The van der Waals surface area contributed by atoms with Crippen molar-refractivity contribution in [2.24, 2.45) is 0 Å². The Morgan fingerprint density at radius 1 is 1.40 bits per heavy atom. The molecule has 1 saturated heterocycles. The second kappa shape index (κ2) is 4.65. The molecule has 15 heavy (non-hydrogen) atoms. The van der Waals surface area contributed by atoms with Crippen molar-refractivity contribution in [1.29, 1.82) is 5.26 Å². The van der Waals surface area contributed by atoms with E-state index in [9.17, 15) is 0 Å². The SMILES string of the molecule is N#CC1CCCN1Cc1ccc(Cl)cc1. The van der Waals surface area contributed by atoms with E-state index < -0.39 is 0 Å². The molecule has 0 bridgehead atoms. The van der Waals surface area contributed by atoms with E-state index in [2.05, 4.69) is 11.0 Å². The van der Waals surface area contributed by atoms with Crippen LogP contribution in [0.2, 0.25) is 5.02 Å². The molecule has 0 N–H and O–H groups in total. The first-order valence-corrected chi connectivity index (χ1v) is 5.55. The first-order chi connectivity index (χ1) is 7.29. The van der Waals surface area contributed by atoms with Crippen molar-refractivity contribution in [2.75, 3.05) is 6.54 Å². The number of nitriles is 1. The largest absolute Gasteiger partial charge is 0.284 e. The molecular formula is C12H13ClN2. The molecule has 0 amide bonds. The molecule has 1 heterocycles. The summed E-state index contributed by atoms with van der Waals surface area (Å²) in [5.74, 6) is 0. The summed E-state index contributed by atoms with van der Waals surface area (Å²) < 4.78 is 0. The summed E-state index contributed by atoms with van der Waals surface area (Å²) in [7, 11) is 0. The van der Waals surface area contributed by atoms with Gasteiger partial charge >= 0.3 is 0 Å². The topological polar surface area (TPSA) is 27.0 Å². The van der Waals surface area contributed by atoms with E-state index in [0.29, 0.717) is 0 Å². The van der Waals surface area contributed by atoms with Gasteiger partial charge < -0.3 is 0 Å². The van der Waals surface area contributed by atoms with Crippen LogP contribution >= 0.6 is 11.6 Å². The lowest BCUT2D eigenvalue weighted by molar-refractivity contribution is 0.286. The Bertz CT molecular complexity index is 366. The van der Waals surface area contributed by atoms with Crippen molar-refractivity contribution >= 4 is 11.6 Å². The summed E-state index contributed by atoms with van der Waals surface area (Å²) in [4.78, 5) is 2.23. The molecular weight excluding hydrogens is 208 g/mol. The van der Waals surface area contributed by atoms with Crippen LogP contribution < -0.4 is 0 Å². The maximum absolute atomic E-state index is 8.95. The lowest BCUT2D eigenvalue weighted by Crippen LogP contribution is -2.27. The smallest absolute Gasteiger partial charge is 0.0981 e. The molecule has 1 aromatic rings. The van der Waals surface area contributed by atoms with Crippen molar-refractivity contribution < 1.29 is 0 Å². The highest BCUT2D eigenvalue weighted by atomic mass is 35.5. The molecule has 1 fully saturated rings. The normalized spacial score (nSPS) is 21.5. The molecule has 0 saturated carbocycles. The lowest BCUT2D eigenvalue weighted by Gasteiger charge is -2.18. The minimum absolute atomic E-state index is 0.0979. The number of benzene rings is 1. The van der Waals surface area contributed by atoms with Crippen molar-refractivity contribution in [2.45, 2.75) is 25.4 Å². The zero-order valence-corrected chi connectivity index (χ0v) is 9.24. The monoisotopic (exact) mass is 220 g/mol. The van der Waals surface area contributed by atoms with Crippen molar-refractivity contribution in [3.8, 4) is 6.07 Å². The van der Waals surface area contributed by atoms with E-state index in [1.165, 1.54) is 5.56 Å². The standard InChI is InChI=1S/C12H13ClN2/c13-11-5-3-10(4-6-11)9-15-7-1-2-12(15)8-14/h3-6,12H,1-2,7,9H2. The van der Waals surface area contributed by atoms with Crippen LogP contribution in [0.15, 0.2) is 24.3 Å². The summed E-state index contributed by atoms with van der Waals surface area (Å²) in [5, 5.41) is 9.71. The minimum atomic E-state index is 0.0979. The third-order valence-corrected chi connectivity index (χ3v) is 3.06. The fourth-order valence-corrected chi connectivity index (χ4v) is 2.11. The predicted octanol–water partition coefficient (Wildman–Crippen LogP) is 2.83. The van der Waals surface area contributed by atoms with Gasteiger partial charge in [0.1, 0.15) is 0 Å². The Morgan fingerprint density at radius 2 is 2.13 bits per heavy atom. The van der Waals surface area contributed by atoms with E-state index >= 15 is 0 Å². The number of hydrogen-bond donors (Lipinski definition) is 0. The molecule has 78 valence electrons. The fraction of sp³-hybridized carbons (Fsp3) is 0.417. The highest BCUT2D eigenvalue weighted by Crippen LogP contribution is 2.20. The van der Waals surface area contributed by atoms with Gasteiger partial charge in [-0.05, 0) is 37.1 Å². The minimum Gasteiger partial charge on any atom is -0.284 e. The first-order valence-electron chi connectivity index (χ1n) is 5.18. The van der Waals surface area contributed by atoms with Gasteiger partial charge in [-0.2, -0.15) is 5.26 Å². The van der Waals surface area contributed by atoms with Gasteiger partial charge in [0, 0.05) is 11.6 Å². The maximum atomic E-state index is 8.95. The zero-order chi connectivity index (χ0) is 10.7. The Morgan fingerprint density at radius 3 is 2.80 bits per heavy atom. The number of nitrogens with zero attached hydrogens (tertiary/aromatic N) is 2. The summed E-state index contributed by atoms with van der Waals surface area (Å²) in [6.07, 6.45) is 2.13. The van der Waals surface area contributed by atoms with E-state index in [1.54, 1.807) is 0 Å². The van der Waals surface area contributed by atoms with Gasteiger partial charge in [0.25, 0.3) is 0 Å². The third-order valence-electron chi connectivity index (χ3n) is 2.81. The van der Waals surface area contributed by atoms with Crippen LogP contribution in [-0.2, 0) is 6.54 Å². The average molecular weight is 221 g/mol. The maximum Gasteiger partial charge on any atom is 0.0981 e. The van der Waals surface area contributed by atoms with Gasteiger partial charge in [0.15, 0.2) is 0 Å². The van der Waals surface area contributed by atoms with E-state index in [1.807, 2.05) is 24.3 Å². The molecule has 0 spiro atoms. The molecule has 1 aliphatic rings. The first kappa shape index (κ1) is 10.5. The molecule has 1 atom stereocenters. The van der Waals surface area contributed by atoms with E-state index in [-0.39, 0.29) is 6.04 Å². The summed E-state index contributed by atoms with van der Waals surface area (Å²) in [6.45, 7) is 1.89.